The van der Waals surface area contributed by atoms with Gasteiger partial charge in [-0.15, -0.1) is 6.42 Å². The van der Waals surface area contributed by atoms with Gasteiger partial charge >= 0.3 is 0 Å². The Labute approximate surface area is 115 Å². The van der Waals surface area contributed by atoms with Crippen molar-refractivity contribution in [2.75, 3.05) is 0 Å². The molecule has 0 bridgehead atoms. The Morgan fingerprint density at radius 1 is 1.30 bits per heavy atom. The molecule has 0 amide bonds. The molecule has 0 atom stereocenters. The van der Waals surface area contributed by atoms with Crippen LogP contribution < -0.4 is 0 Å². The molecule has 2 rings (SSSR count). The molecule has 0 saturated carbocycles. The number of non-ortho nitro benzene ring substituents is 1. The van der Waals surface area contributed by atoms with Crippen molar-refractivity contribution in [1.82, 2.24) is 0 Å². The van der Waals surface area contributed by atoms with Crippen molar-refractivity contribution in [2.45, 2.75) is 0 Å². The van der Waals surface area contributed by atoms with E-state index in [-0.39, 0.29) is 17.0 Å². The molecule has 20 heavy (non-hydrogen) atoms. The molecule has 0 aliphatic carbocycles. The molecule has 0 radical (unpaired) electrons. The lowest BCUT2D eigenvalue weighted by Crippen LogP contribution is -1.90. The minimum absolute atomic E-state index is 0.0764. The quantitative estimate of drug-likeness (QED) is 0.401. The number of phenols is 1. The van der Waals surface area contributed by atoms with Gasteiger partial charge in [-0.3, -0.25) is 15.1 Å². The molecule has 0 spiro atoms. The van der Waals surface area contributed by atoms with Crippen LogP contribution in [0.1, 0.15) is 11.1 Å². The SMILES string of the molecule is C#Cc1cccc(N=Cc2cc([N+](=O)[O-])ccc2O)c1. The number of nitro benzene ring substituents is 1. The molecule has 0 heterocycles. The molecule has 2 aromatic rings. The highest BCUT2D eigenvalue weighted by molar-refractivity contribution is 5.86. The third-order valence-electron chi connectivity index (χ3n) is 2.59. The molecule has 0 aliphatic rings. The average Bonchev–Trinajstić information content (AvgIpc) is 2.46. The van der Waals surface area contributed by atoms with E-state index < -0.39 is 4.92 Å². The summed E-state index contributed by atoms with van der Waals surface area (Å²) in [5, 5.41) is 20.3. The van der Waals surface area contributed by atoms with Crippen molar-refractivity contribution in [3.05, 3.63) is 63.7 Å². The number of rotatable bonds is 3. The first-order valence-electron chi connectivity index (χ1n) is 5.68. The summed E-state index contributed by atoms with van der Waals surface area (Å²) in [5.41, 5.74) is 1.45. The Morgan fingerprint density at radius 3 is 2.80 bits per heavy atom. The summed E-state index contributed by atoms with van der Waals surface area (Å²) in [6, 6.07) is 10.7. The molecular formula is C15H10N2O3. The molecule has 0 aromatic heterocycles. The van der Waals surface area contributed by atoms with Crippen molar-refractivity contribution in [1.29, 1.82) is 0 Å². The first-order chi connectivity index (χ1) is 9.60. The predicted octanol–water partition coefficient (Wildman–Crippen LogP) is 3.03. The van der Waals surface area contributed by atoms with Gasteiger partial charge in [0.1, 0.15) is 5.75 Å². The maximum Gasteiger partial charge on any atom is 0.270 e. The van der Waals surface area contributed by atoms with Gasteiger partial charge in [0.15, 0.2) is 0 Å². The number of aromatic hydroxyl groups is 1. The Morgan fingerprint density at radius 2 is 2.10 bits per heavy atom. The van der Waals surface area contributed by atoms with Crippen molar-refractivity contribution in [3.63, 3.8) is 0 Å². The van der Waals surface area contributed by atoms with E-state index in [1.807, 2.05) is 0 Å². The fraction of sp³-hybridized carbons (Fsp3) is 0. The first-order valence-corrected chi connectivity index (χ1v) is 5.68. The molecule has 5 heteroatoms. The summed E-state index contributed by atoms with van der Waals surface area (Å²) in [4.78, 5) is 14.3. The van der Waals surface area contributed by atoms with E-state index in [4.69, 9.17) is 6.42 Å². The number of terminal acetylenes is 1. The number of hydrogen-bond acceptors (Lipinski definition) is 4. The molecule has 5 nitrogen and oxygen atoms in total. The van der Waals surface area contributed by atoms with Crippen LogP contribution in [0, 0.1) is 22.5 Å². The standard InChI is InChI=1S/C15H10N2O3/c1-2-11-4-3-5-13(8-11)16-10-12-9-14(17(19)20)6-7-15(12)18/h1,3-10,18H. The van der Waals surface area contributed by atoms with Crippen LogP contribution in [0.3, 0.4) is 0 Å². The van der Waals surface area contributed by atoms with Gasteiger partial charge < -0.3 is 5.11 Å². The Kier molecular flexibility index (Phi) is 3.77. The number of nitrogens with zero attached hydrogens (tertiary/aromatic N) is 2. The van der Waals surface area contributed by atoms with Crippen molar-refractivity contribution in [2.24, 2.45) is 4.99 Å². The van der Waals surface area contributed by atoms with Crippen molar-refractivity contribution in [3.8, 4) is 18.1 Å². The van der Waals surface area contributed by atoms with E-state index >= 15 is 0 Å². The highest BCUT2D eigenvalue weighted by Crippen LogP contribution is 2.22. The van der Waals surface area contributed by atoms with Gasteiger partial charge in [-0.05, 0) is 24.3 Å². The number of nitro groups is 1. The molecule has 0 fully saturated rings. The van der Waals surface area contributed by atoms with Crippen molar-refractivity contribution >= 4 is 17.6 Å². The van der Waals surface area contributed by atoms with Crippen LogP contribution >= 0.6 is 0 Å². The highest BCUT2D eigenvalue weighted by Gasteiger charge is 2.08. The lowest BCUT2D eigenvalue weighted by Gasteiger charge is -1.99. The summed E-state index contributed by atoms with van der Waals surface area (Å²) in [5.74, 6) is 2.41. The van der Waals surface area contributed by atoms with Gasteiger partial charge in [0, 0.05) is 29.5 Å². The van der Waals surface area contributed by atoms with Gasteiger partial charge in [0.2, 0.25) is 0 Å². The largest absolute Gasteiger partial charge is 0.507 e. The Balaban J connectivity index is 2.33. The second-order valence-electron chi connectivity index (χ2n) is 3.95. The van der Waals surface area contributed by atoms with Crippen LogP contribution in [-0.4, -0.2) is 16.2 Å². The summed E-state index contributed by atoms with van der Waals surface area (Å²) in [6.07, 6.45) is 6.65. The average molecular weight is 266 g/mol. The van der Waals surface area contributed by atoms with Crippen LogP contribution in [-0.2, 0) is 0 Å². The van der Waals surface area contributed by atoms with Gasteiger partial charge in [-0.25, -0.2) is 0 Å². The zero-order valence-electron chi connectivity index (χ0n) is 10.4. The maximum atomic E-state index is 10.7. The summed E-state index contributed by atoms with van der Waals surface area (Å²) >= 11 is 0. The minimum atomic E-state index is -0.532. The van der Waals surface area contributed by atoms with Crippen molar-refractivity contribution < 1.29 is 10.0 Å². The van der Waals surface area contributed by atoms with E-state index in [2.05, 4.69) is 10.9 Å². The topological polar surface area (TPSA) is 75.7 Å². The Bertz CT molecular complexity index is 730. The molecule has 0 saturated heterocycles. The van der Waals surface area contributed by atoms with E-state index in [1.165, 1.54) is 24.4 Å². The number of benzene rings is 2. The first kappa shape index (κ1) is 13.3. The summed E-state index contributed by atoms with van der Waals surface area (Å²) < 4.78 is 0. The summed E-state index contributed by atoms with van der Waals surface area (Å²) in [6.45, 7) is 0. The maximum absolute atomic E-state index is 10.7. The molecule has 2 aromatic carbocycles. The number of aliphatic imine (C=N–C) groups is 1. The fourth-order valence-corrected chi connectivity index (χ4v) is 1.58. The normalized spacial score (nSPS) is 10.3. The zero-order chi connectivity index (χ0) is 14.5. The van der Waals surface area contributed by atoms with Gasteiger partial charge in [0.25, 0.3) is 5.69 Å². The molecule has 0 unspecified atom stereocenters. The third kappa shape index (κ3) is 3.00. The summed E-state index contributed by atoms with van der Waals surface area (Å²) in [7, 11) is 0. The smallest absolute Gasteiger partial charge is 0.270 e. The monoisotopic (exact) mass is 266 g/mol. The molecule has 1 N–H and O–H groups in total. The van der Waals surface area contributed by atoms with E-state index in [9.17, 15) is 15.2 Å². The number of phenolic OH excluding ortho intramolecular Hbond substituents is 1. The van der Waals surface area contributed by atoms with Gasteiger partial charge in [-0.2, -0.15) is 0 Å². The zero-order valence-corrected chi connectivity index (χ0v) is 10.4. The van der Waals surface area contributed by atoms with Crippen LogP contribution in [0.2, 0.25) is 0 Å². The van der Waals surface area contributed by atoms with Gasteiger partial charge in [-0.1, -0.05) is 12.0 Å². The predicted molar refractivity (Wildman–Crippen MR) is 76.4 cm³/mol. The lowest BCUT2D eigenvalue weighted by molar-refractivity contribution is -0.384. The van der Waals surface area contributed by atoms with E-state index in [1.54, 1.807) is 24.3 Å². The van der Waals surface area contributed by atoms with Crippen LogP contribution in [0.25, 0.3) is 0 Å². The molecular weight excluding hydrogens is 256 g/mol. The molecule has 98 valence electrons. The lowest BCUT2D eigenvalue weighted by atomic mass is 10.2. The van der Waals surface area contributed by atoms with Crippen LogP contribution in [0.4, 0.5) is 11.4 Å². The minimum Gasteiger partial charge on any atom is -0.507 e. The second-order valence-corrected chi connectivity index (χ2v) is 3.95. The molecule has 0 aliphatic heterocycles. The van der Waals surface area contributed by atoms with Gasteiger partial charge in [0.05, 0.1) is 10.6 Å². The van der Waals surface area contributed by atoms with E-state index in [0.29, 0.717) is 11.3 Å². The number of hydrogen-bond donors (Lipinski definition) is 1. The van der Waals surface area contributed by atoms with Crippen LogP contribution in [0.5, 0.6) is 5.75 Å². The van der Waals surface area contributed by atoms with Crippen LogP contribution in [0.15, 0.2) is 47.5 Å². The highest BCUT2D eigenvalue weighted by atomic mass is 16.6. The Hall–Kier alpha value is -3.13. The fourth-order valence-electron chi connectivity index (χ4n) is 1.58. The van der Waals surface area contributed by atoms with E-state index in [0.717, 1.165) is 0 Å². The third-order valence-corrected chi connectivity index (χ3v) is 2.59. The second kappa shape index (κ2) is 5.67.